The van der Waals surface area contributed by atoms with Crippen LogP contribution in [0.2, 0.25) is 0 Å². The normalized spacial score (nSPS) is 12.4. The first-order valence-electron chi connectivity index (χ1n) is 8.00. The van der Waals surface area contributed by atoms with Crippen LogP contribution in [0.15, 0.2) is 65.8 Å². The molecule has 6 nitrogen and oxygen atoms in total. The quantitative estimate of drug-likeness (QED) is 0.802. The lowest BCUT2D eigenvalue weighted by molar-refractivity contribution is 0.0993. The number of hydrogen-bond acceptors (Lipinski definition) is 4. The van der Waals surface area contributed by atoms with Gasteiger partial charge in [-0.25, -0.2) is 4.68 Å². The number of rotatable bonds is 3. The number of benzene rings is 2. The Bertz CT molecular complexity index is 945. The second kappa shape index (κ2) is 6.24. The highest BCUT2D eigenvalue weighted by atomic mass is 16.2. The van der Waals surface area contributed by atoms with Crippen molar-refractivity contribution >= 4 is 23.8 Å². The summed E-state index contributed by atoms with van der Waals surface area (Å²) in [6.45, 7) is 0.586. The van der Waals surface area contributed by atoms with Crippen LogP contribution in [0.3, 0.4) is 0 Å². The van der Waals surface area contributed by atoms with Crippen LogP contribution in [0.25, 0.3) is 5.69 Å². The van der Waals surface area contributed by atoms with E-state index in [0.29, 0.717) is 12.1 Å². The van der Waals surface area contributed by atoms with E-state index in [1.54, 1.807) is 29.2 Å². The molecular formula is C19H17N5O. The molecule has 1 aliphatic rings. The van der Waals surface area contributed by atoms with Crippen LogP contribution >= 0.6 is 0 Å². The summed E-state index contributed by atoms with van der Waals surface area (Å²) in [6.07, 6.45) is 3.43. The first-order chi connectivity index (χ1) is 12.3. The average Bonchev–Trinajstić information content (AvgIpc) is 3.11. The molecule has 0 saturated carbocycles. The summed E-state index contributed by atoms with van der Waals surface area (Å²) in [5.41, 5.74) is 3.17. The van der Waals surface area contributed by atoms with Gasteiger partial charge in [0.2, 0.25) is 0 Å². The number of para-hydroxylation sites is 2. The van der Waals surface area contributed by atoms with Crippen LogP contribution in [0.1, 0.15) is 15.9 Å². The van der Waals surface area contributed by atoms with Gasteiger partial charge in [0.05, 0.1) is 30.3 Å². The molecule has 0 radical (unpaired) electrons. The summed E-state index contributed by atoms with van der Waals surface area (Å²) < 4.78 is 1.76. The zero-order valence-corrected chi connectivity index (χ0v) is 13.8. The largest absolute Gasteiger partial charge is 0.331 e. The van der Waals surface area contributed by atoms with Gasteiger partial charge < -0.3 is 10.2 Å². The topological polar surface area (TPSA) is 62.5 Å². The lowest BCUT2D eigenvalue weighted by Gasteiger charge is -2.20. The third-order valence-corrected chi connectivity index (χ3v) is 4.21. The molecule has 0 fully saturated rings. The number of carbonyl (C=O) groups excluding carboxylic acids is 1. The van der Waals surface area contributed by atoms with E-state index in [1.807, 2.05) is 54.6 Å². The van der Waals surface area contributed by atoms with E-state index in [1.165, 1.54) is 0 Å². The maximum atomic E-state index is 13.1. The molecule has 2 aromatic carbocycles. The molecule has 124 valence electrons. The van der Waals surface area contributed by atoms with Gasteiger partial charge >= 0.3 is 0 Å². The number of nitrogens with zero attached hydrogens (tertiary/aromatic N) is 4. The number of nitrogens with one attached hydrogen (secondary N) is 1. The molecule has 1 aromatic heterocycles. The molecule has 3 aromatic rings. The summed E-state index contributed by atoms with van der Waals surface area (Å²) in [6, 6.07) is 17.1. The lowest BCUT2D eigenvalue weighted by Crippen LogP contribution is -2.27. The van der Waals surface area contributed by atoms with Gasteiger partial charge in [0, 0.05) is 18.3 Å². The van der Waals surface area contributed by atoms with Crippen molar-refractivity contribution in [1.82, 2.24) is 9.78 Å². The van der Waals surface area contributed by atoms with E-state index < -0.39 is 0 Å². The second-order valence-corrected chi connectivity index (χ2v) is 5.76. The molecule has 4 rings (SSSR count). The Hall–Kier alpha value is -3.41. The maximum Gasteiger partial charge on any atom is 0.260 e. The highest BCUT2D eigenvalue weighted by Crippen LogP contribution is 2.26. The fourth-order valence-corrected chi connectivity index (χ4v) is 2.87. The number of aromatic nitrogens is 2. The fourth-order valence-electron chi connectivity index (χ4n) is 2.87. The first-order valence-corrected chi connectivity index (χ1v) is 8.00. The molecule has 1 N–H and O–H groups in total. The predicted molar refractivity (Wildman–Crippen MR) is 98.6 cm³/mol. The third-order valence-electron chi connectivity index (χ3n) is 4.21. The summed E-state index contributed by atoms with van der Waals surface area (Å²) in [4.78, 5) is 18.9. The number of fused-ring (bicyclic) bond motifs is 1. The molecular weight excluding hydrogens is 314 g/mol. The highest BCUT2D eigenvalue weighted by Gasteiger charge is 2.21. The Kier molecular flexibility index (Phi) is 3.78. The zero-order valence-electron chi connectivity index (χ0n) is 13.8. The number of hydrogen-bond donors (Lipinski definition) is 1. The van der Waals surface area contributed by atoms with E-state index in [2.05, 4.69) is 15.4 Å². The molecule has 2 heterocycles. The van der Waals surface area contributed by atoms with Crippen LogP contribution in [-0.4, -0.2) is 29.1 Å². The van der Waals surface area contributed by atoms with Crippen molar-refractivity contribution in [1.29, 1.82) is 0 Å². The molecule has 0 aliphatic carbocycles. The maximum absolute atomic E-state index is 13.1. The Balaban J connectivity index is 1.75. The summed E-state index contributed by atoms with van der Waals surface area (Å²) in [7, 11) is 1.78. The van der Waals surface area contributed by atoms with Gasteiger partial charge in [0.15, 0.2) is 0 Å². The van der Waals surface area contributed by atoms with Crippen molar-refractivity contribution in [2.45, 2.75) is 6.54 Å². The molecule has 1 aliphatic heterocycles. The van der Waals surface area contributed by atoms with E-state index in [0.717, 1.165) is 22.8 Å². The predicted octanol–water partition coefficient (Wildman–Crippen LogP) is 3.10. The number of amides is 1. The standard InChI is InChI=1S/C19H17N5O/c1-23(15-7-3-2-4-8-15)19(25)16-9-5-6-10-17(16)24-18-14(12-22-24)11-20-13-21-18/h2-10,12-13H,11H2,1H3,(H,20,21). The van der Waals surface area contributed by atoms with Crippen molar-refractivity contribution < 1.29 is 4.79 Å². The van der Waals surface area contributed by atoms with Crippen LogP contribution < -0.4 is 10.2 Å². The first kappa shape index (κ1) is 15.1. The van der Waals surface area contributed by atoms with Crippen molar-refractivity contribution in [3.8, 4) is 5.69 Å². The number of anilines is 2. The smallest absolute Gasteiger partial charge is 0.260 e. The Morgan fingerprint density at radius 2 is 1.88 bits per heavy atom. The van der Waals surface area contributed by atoms with Crippen molar-refractivity contribution in [3.05, 3.63) is 71.9 Å². The Morgan fingerprint density at radius 1 is 1.12 bits per heavy atom. The van der Waals surface area contributed by atoms with Gasteiger partial charge in [-0.1, -0.05) is 30.3 Å². The van der Waals surface area contributed by atoms with E-state index in [4.69, 9.17) is 0 Å². The summed E-state index contributed by atoms with van der Waals surface area (Å²) in [5.74, 6) is 0.758. The molecule has 25 heavy (non-hydrogen) atoms. The molecule has 0 atom stereocenters. The Labute approximate surface area is 145 Å². The average molecular weight is 331 g/mol. The highest BCUT2D eigenvalue weighted by molar-refractivity contribution is 6.08. The zero-order chi connectivity index (χ0) is 17.2. The SMILES string of the molecule is CN(C(=O)c1ccccc1-n1ncc2c1NC=NC2)c1ccccc1. The van der Waals surface area contributed by atoms with E-state index >= 15 is 0 Å². The van der Waals surface area contributed by atoms with Crippen molar-refractivity contribution in [2.75, 3.05) is 17.3 Å². The van der Waals surface area contributed by atoms with Crippen LogP contribution in [0.5, 0.6) is 0 Å². The monoisotopic (exact) mass is 331 g/mol. The summed E-state index contributed by atoms with van der Waals surface area (Å²) >= 11 is 0. The molecule has 0 saturated heterocycles. The minimum atomic E-state index is -0.0875. The van der Waals surface area contributed by atoms with Crippen molar-refractivity contribution in [3.63, 3.8) is 0 Å². The molecule has 0 spiro atoms. The third kappa shape index (κ3) is 2.67. The lowest BCUT2D eigenvalue weighted by atomic mass is 10.1. The van der Waals surface area contributed by atoms with Gasteiger partial charge in [-0.3, -0.25) is 9.79 Å². The summed E-state index contributed by atoms with van der Waals surface area (Å²) in [5, 5.41) is 7.57. The van der Waals surface area contributed by atoms with Gasteiger partial charge in [-0.15, -0.1) is 0 Å². The van der Waals surface area contributed by atoms with E-state index in [9.17, 15) is 4.79 Å². The molecule has 1 amide bonds. The van der Waals surface area contributed by atoms with Crippen LogP contribution in [0, 0.1) is 0 Å². The molecule has 0 unspecified atom stereocenters. The van der Waals surface area contributed by atoms with Crippen LogP contribution in [0.4, 0.5) is 11.5 Å². The van der Waals surface area contributed by atoms with E-state index in [-0.39, 0.29) is 5.91 Å². The van der Waals surface area contributed by atoms with Gasteiger partial charge in [-0.2, -0.15) is 5.10 Å². The van der Waals surface area contributed by atoms with Gasteiger partial charge in [0.1, 0.15) is 5.82 Å². The van der Waals surface area contributed by atoms with Gasteiger partial charge in [-0.05, 0) is 24.3 Å². The Morgan fingerprint density at radius 3 is 2.72 bits per heavy atom. The van der Waals surface area contributed by atoms with Crippen molar-refractivity contribution in [2.24, 2.45) is 4.99 Å². The molecule has 6 heteroatoms. The molecule has 0 bridgehead atoms. The van der Waals surface area contributed by atoms with Gasteiger partial charge in [0.25, 0.3) is 5.91 Å². The minimum absolute atomic E-state index is 0.0875. The second-order valence-electron chi connectivity index (χ2n) is 5.76. The fraction of sp³-hybridized carbons (Fsp3) is 0.105. The minimum Gasteiger partial charge on any atom is -0.331 e. The van der Waals surface area contributed by atoms with Crippen LogP contribution in [-0.2, 0) is 6.54 Å². The number of aliphatic imine (C=N–C) groups is 1. The number of carbonyl (C=O) groups is 1.